The maximum atomic E-state index is 11.5. The van der Waals surface area contributed by atoms with Crippen LogP contribution < -0.4 is 10.6 Å². The van der Waals surface area contributed by atoms with Crippen molar-refractivity contribution < 1.29 is 24.2 Å². The van der Waals surface area contributed by atoms with E-state index in [4.69, 9.17) is 15.1 Å². The van der Waals surface area contributed by atoms with Crippen molar-refractivity contribution in [2.45, 2.75) is 38.8 Å². The van der Waals surface area contributed by atoms with E-state index in [1.165, 1.54) is 0 Å². The molecular weight excluding hydrogens is 254 g/mol. The Bertz CT molecular complexity index is 394. The molecule has 0 spiro atoms. The van der Waals surface area contributed by atoms with Crippen LogP contribution in [-0.4, -0.2) is 41.3 Å². The Balaban J connectivity index is 4.48. The SMILES string of the molecule is CC(C)(C)OC(=O)N[C@@H](CC#N)C(=O)NCC(=O)O. The Labute approximate surface area is 110 Å². The van der Waals surface area contributed by atoms with E-state index >= 15 is 0 Å². The van der Waals surface area contributed by atoms with Crippen LogP contribution in [0.2, 0.25) is 0 Å². The van der Waals surface area contributed by atoms with Crippen LogP contribution in [0.1, 0.15) is 27.2 Å². The highest BCUT2D eigenvalue weighted by atomic mass is 16.6. The summed E-state index contributed by atoms with van der Waals surface area (Å²) in [6, 6.07) is 0.572. The Hall–Kier alpha value is -2.30. The minimum atomic E-state index is -1.22. The first-order valence-corrected chi connectivity index (χ1v) is 5.51. The largest absolute Gasteiger partial charge is 0.480 e. The van der Waals surface area contributed by atoms with E-state index in [2.05, 4.69) is 10.6 Å². The van der Waals surface area contributed by atoms with E-state index in [-0.39, 0.29) is 6.42 Å². The zero-order valence-corrected chi connectivity index (χ0v) is 11.0. The highest BCUT2D eigenvalue weighted by Gasteiger charge is 2.24. The lowest BCUT2D eigenvalue weighted by Gasteiger charge is -2.22. The Morgan fingerprint density at radius 2 is 1.95 bits per heavy atom. The van der Waals surface area contributed by atoms with Crippen LogP contribution in [0.15, 0.2) is 0 Å². The van der Waals surface area contributed by atoms with Crippen molar-refractivity contribution in [2.75, 3.05) is 6.54 Å². The van der Waals surface area contributed by atoms with Gasteiger partial charge in [0.25, 0.3) is 0 Å². The molecule has 0 radical (unpaired) electrons. The van der Waals surface area contributed by atoms with Crippen molar-refractivity contribution in [3.63, 3.8) is 0 Å². The number of carbonyl (C=O) groups excluding carboxylic acids is 2. The molecule has 19 heavy (non-hydrogen) atoms. The van der Waals surface area contributed by atoms with Crippen LogP contribution >= 0.6 is 0 Å². The van der Waals surface area contributed by atoms with Gasteiger partial charge in [-0.1, -0.05) is 0 Å². The molecule has 0 aliphatic heterocycles. The van der Waals surface area contributed by atoms with Crippen LogP contribution in [0.3, 0.4) is 0 Å². The number of alkyl carbamates (subject to hydrolysis) is 1. The molecule has 0 unspecified atom stereocenters. The lowest BCUT2D eigenvalue weighted by atomic mass is 10.2. The fourth-order valence-electron chi connectivity index (χ4n) is 1.04. The summed E-state index contributed by atoms with van der Waals surface area (Å²) in [6.45, 7) is 4.36. The summed E-state index contributed by atoms with van der Waals surface area (Å²) < 4.78 is 4.93. The molecule has 0 aliphatic rings. The maximum Gasteiger partial charge on any atom is 0.408 e. The van der Waals surface area contributed by atoms with Crippen molar-refractivity contribution in [1.82, 2.24) is 10.6 Å². The lowest BCUT2D eigenvalue weighted by Crippen LogP contribution is -2.48. The lowest BCUT2D eigenvalue weighted by molar-refractivity contribution is -0.138. The average Bonchev–Trinajstić information content (AvgIpc) is 2.22. The van der Waals surface area contributed by atoms with Gasteiger partial charge in [0.1, 0.15) is 18.2 Å². The van der Waals surface area contributed by atoms with Gasteiger partial charge in [-0.3, -0.25) is 9.59 Å². The van der Waals surface area contributed by atoms with Gasteiger partial charge < -0.3 is 20.5 Å². The summed E-state index contributed by atoms with van der Waals surface area (Å²) in [5.41, 5.74) is -0.737. The Morgan fingerprint density at radius 1 is 1.37 bits per heavy atom. The van der Waals surface area contributed by atoms with Gasteiger partial charge >= 0.3 is 12.1 Å². The van der Waals surface area contributed by atoms with Crippen LogP contribution in [0.25, 0.3) is 0 Å². The highest BCUT2D eigenvalue weighted by Crippen LogP contribution is 2.07. The summed E-state index contributed by atoms with van der Waals surface area (Å²) in [5.74, 6) is -1.98. The van der Waals surface area contributed by atoms with Gasteiger partial charge in [0.05, 0.1) is 12.5 Å². The van der Waals surface area contributed by atoms with Gasteiger partial charge in [-0.25, -0.2) is 4.79 Å². The molecule has 0 aromatic rings. The van der Waals surface area contributed by atoms with Gasteiger partial charge in [-0.2, -0.15) is 5.26 Å². The number of nitrogens with one attached hydrogen (secondary N) is 2. The summed E-state index contributed by atoms with van der Waals surface area (Å²) in [7, 11) is 0. The minimum absolute atomic E-state index is 0.287. The van der Waals surface area contributed by atoms with Crippen molar-refractivity contribution in [3.05, 3.63) is 0 Å². The number of nitrogens with zero attached hydrogens (tertiary/aromatic N) is 1. The molecule has 2 amide bonds. The molecule has 0 fully saturated rings. The van der Waals surface area contributed by atoms with E-state index in [0.29, 0.717) is 0 Å². The quantitative estimate of drug-likeness (QED) is 0.645. The molecule has 0 aliphatic carbocycles. The van der Waals surface area contributed by atoms with Crippen molar-refractivity contribution in [2.24, 2.45) is 0 Å². The molecule has 0 saturated heterocycles. The van der Waals surface area contributed by atoms with Crippen molar-refractivity contribution in [1.29, 1.82) is 5.26 Å². The predicted octanol–water partition coefficient (Wildman–Crippen LogP) is -0.00582. The molecule has 1 atom stereocenters. The fraction of sp³-hybridized carbons (Fsp3) is 0.636. The Morgan fingerprint density at radius 3 is 2.37 bits per heavy atom. The number of hydrogen-bond acceptors (Lipinski definition) is 5. The number of aliphatic carboxylic acids is 1. The molecule has 0 saturated carbocycles. The third-order valence-electron chi connectivity index (χ3n) is 1.72. The standard InChI is InChI=1S/C11H17N3O5/c1-11(2,3)19-10(18)14-7(4-5-12)9(17)13-6-8(15)16/h7H,4,6H2,1-3H3,(H,13,17)(H,14,18)(H,15,16)/t7-/m0/s1. The third-order valence-corrected chi connectivity index (χ3v) is 1.72. The first-order valence-electron chi connectivity index (χ1n) is 5.51. The number of amides is 2. The number of rotatable bonds is 5. The van der Waals surface area contributed by atoms with Crippen LogP contribution in [0.4, 0.5) is 4.79 Å². The van der Waals surface area contributed by atoms with Crippen LogP contribution in [0.5, 0.6) is 0 Å². The van der Waals surface area contributed by atoms with Crippen molar-refractivity contribution in [3.8, 4) is 6.07 Å². The summed E-state index contributed by atoms with van der Waals surface area (Å²) >= 11 is 0. The van der Waals surface area contributed by atoms with E-state index in [1.807, 2.05) is 0 Å². The van der Waals surface area contributed by atoms with Crippen LogP contribution in [0, 0.1) is 11.3 Å². The van der Waals surface area contributed by atoms with Gasteiger partial charge in [0, 0.05) is 0 Å². The second-order valence-electron chi connectivity index (χ2n) is 4.67. The zero-order chi connectivity index (χ0) is 15.1. The monoisotopic (exact) mass is 271 g/mol. The van der Waals surface area contributed by atoms with Gasteiger partial charge in [-0.05, 0) is 20.8 Å². The highest BCUT2D eigenvalue weighted by molar-refractivity contribution is 5.88. The van der Waals surface area contributed by atoms with Gasteiger partial charge in [-0.15, -0.1) is 0 Å². The number of hydrogen-bond donors (Lipinski definition) is 3. The molecular formula is C11H17N3O5. The van der Waals surface area contributed by atoms with E-state index in [1.54, 1.807) is 26.8 Å². The molecule has 0 heterocycles. The van der Waals surface area contributed by atoms with Gasteiger partial charge in [0.2, 0.25) is 5.91 Å². The Kier molecular flexibility index (Phi) is 6.33. The number of carboxylic acid groups (broad SMARTS) is 1. The van der Waals surface area contributed by atoms with Crippen LogP contribution in [-0.2, 0) is 14.3 Å². The smallest absolute Gasteiger partial charge is 0.408 e. The van der Waals surface area contributed by atoms with E-state index < -0.39 is 36.2 Å². The van der Waals surface area contributed by atoms with E-state index in [9.17, 15) is 14.4 Å². The number of ether oxygens (including phenoxy) is 1. The minimum Gasteiger partial charge on any atom is -0.480 e. The number of nitriles is 1. The number of carboxylic acids is 1. The molecule has 8 nitrogen and oxygen atoms in total. The molecule has 0 bridgehead atoms. The maximum absolute atomic E-state index is 11.5. The zero-order valence-electron chi connectivity index (χ0n) is 11.0. The number of carbonyl (C=O) groups is 3. The molecule has 3 N–H and O–H groups in total. The molecule has 8 heteroatoms. The topological polar surface area (TPSA) is 129 Å². The molecule has 106 valence electrons. The first kappa shape index (κ1) is 16.7. The average molecular weight is 271 g/mol. The summed E-state index contributed by atoms with van der Waals surface area (Å²) in [4.78, 5) is 33.3. The molecule has 0 aromatic carbocycles. The second-order valence-corrected chi connectivity index (χ2v) is 4.67. The van der Waals surface area contributed by atoms with Crippen molar-refractivity contribution >= 4 is 18.0 Å². The van der Waals surface area contributed by atoms with E-state index in [0.717, 1.165) is 0 Å². The first-order chi connectivity index (χ1) is 8.65. The predicted molar refractivity (Wildman–Crippen MR) is 64.0 cm³/mol. The normalized spacial score (nSPS) is 11.9. The molecule has 0 aromatic heterocycles. The third kappa shape index (κ3) is 8.43. The van der Waals surface area contributed by atoms with Gasteiger partial charge in [0.15, 0.2) is 0 Å². The second kappa shape index (κ2) is 7.20. The summed E-state index contributed by atoms with van der Waals surface area (Å²) in [5, 5.41) is 21.3. The fourth-order valence-corrected chi connectivity index (χ4v) is 1.04. The molecule has 0 rings (SSSR count). The summed E-state index contributed by atoms with van der Waals surface area (Å²) in [6.07, 6.45) is -1.14.